The van der Waals surface area contributed by atoms with Crippen LogP contribution in [0, 0.1) is 13.8 Å². The molecule has 3 aromatic heterocycles. The van der Waals surface area contributed by atoms with E-state index in [4.69, 9.17) is 28.2 Å². The summed E-state index contributed by atoms with van der Waals surface area (Å²) in [5.74, 6) is 0.150. The first-order valence-electron chi connectivity index (χ1n) is 12.3. The Bertz CT molecular complexity index is 1600. The van der Waals surface area contributed by atoms with Crippen LogP contribution in [0.15, 0.2) is 46.9 Å². The predicted octanol–water partition coefficient (Wildman–Crippen LogP) is 7.60. The Morgan fingerprint density at radius 1 is 1.16 bits per heavy atom. The van der Waals surface area contributed by atoms with Crippen molar-refractivity contribution in [2.75, 3.05) is 5.75 Å². The average Bonchev–Trinajstić information content (AvgIpc) is 3.27. The first-order valence-corrected chi connectivity index (χ1v) is 14.8. The maximum Gasteiger partial charge on any atom is 0.263 e. The number of rotatable bonds is 7. The molecule has 5 nitrogen and oxygen atoms in total. The molecule has 0 amide bonds. The molecule has 3 heterocycles. The van der Waals surface area contributed by atoms with Crippen LogP contribution in [0.4, 0.5) is 0 Å². The van der Waals surface area contributed by atoms with Crippen LogP contribution in [-0.4, -0.2) is 25.7 Å². The average molecular weight is 573 g/mol. The number of hydrogen-bond donors (Lipinski definition) is 0. The lowest BCUT2D eigenvalue weighted by Gasteiger charge is -2.12. The van der Waals surface area contributed by atoms with Crippen LogP contribution in [0.25, 0.3) is 15.9 Å². The number of thiophene rings is 1. The Balaban J connectivity index is 1.46. The molecule has 0 aliphatic heterocycles. The van der Waals surface area contributed by atoms with E-state index in [1.165, 1.54) is 28.6 Å². The molecule has 0 saturated heterocycles. The number of nitrogens with zero attached hydrogens (tertiary/aromatic N) is 3. The van der Waals surface area contributed by atoms with E-state index >= 15 is 0 Å². The Labute approximate surface area is 234 Å². The lowest BCUT2D eigenvalue weighted by Crippen LogP contribution is -2.23. The highest BCUT2D eigenvalue weighted by Crippen LogP contribution is 2.34. The maximum absolute atomic E-state index is 13.6. The van der Waals surface area contributed by atoms with E-state index in [0.717, 1.165) is 53.0 Å². The lowest BCUT2D eigenvalue weighted by atomic mass is 10.1. The van der Waals surface area contributed by atoms with E-state index < -0.39 is 0 Å². The summed E-state index contributed by atoms with van der Waals surface area (Å²) in [5, 5.41) is 2.26. The molecule has 1 aliphatic carbocycles. The van der Waals surface area contributed by atoms with Crippen molar-refractivity contribution in [2.24, 2.45) is 0 Å². The fourth-order valence-corrected chi connectivity index (χ4v) is 7.56. The van der Waals surface area contributed by atoms with Crippen molar-refractivity contribution < 1.29 is 4.79 Å². The Hall–Kier alpha value is -2.32. The van der Waals surface area contributed by atoms with E-state index in [1.54, 1.807) is 34.1 Å². The number of hydrogen-bond acceptors (Lipinski definition) is 5. The van der Waals surface area contributed by atoms with Gasteiger partial charge in [-0.2, -0.15) is 0 Å². The SMILES string of the molecule is C=CCn1c(SCC(=O)c2cc(C)n(-c3ccc(Cl)c(Cl)c3)c2C)nc2sc3c(c2c1=O)CCCCC3. The van der Waals surface area contributed by atoms with Crippen molar-refractivity contribution in [3.05, 3.63) is 84.7 Å². The number of halogens is 2. The van der Waals surface area contributed by atoms with Gasteiger partial charge in [-0.25, -0.2) is 4.98 Å². The highest BCUT2D eigenvalue weighted by Gasteiger charge is 2.23. The van der Waals surface area contributed by atoms with Crippen LogP contribution in [0.1, 0.15) is 51.4 Å². The molecule has 0 fully saturated rings. The summed E-state index contributed by atoms with van der Waals surface area (Å²) in [6, 6.07) is 7.32. The predicted molar refractivity (Wildman–Crippen MR) is 156 cm³/mol. The number of ketones is 1. The molecule has 192 valence electrons. The van der Waals surface area contributed by atoms with Gasteiger partial charge in [0.1, 0.15) is 4.83 Å². The van der Waals surface area contributed by atoms with Crippen molar-refractivity contribution in [3.8, 4) is 5.69 Å². The fraction of sp³-hybridized carbons (Fsp3) is 0.321. The van der Waals surface area contributed by atoms with Crippen molar-refractivity contribution in [1.82, 2.24) is 14.1 Å². The second-order valence-electron chi connectivity index (χ2n) is 9.27. The van der Waals surface area contributed by atoms with Crippen LogP contribution in [0.2, 0.25) is 10.0 Å². The van der Waals surface area contributed by atoms with Crippen LogP contribution in [0.3, 0.4) is 0 Å². The summed E-state index contributed by atoms with van der Waals surface area (Å²) >= 11 is 15.3. The smallest absolute Gasteiger partial charge is 0.263 e. The van der Waals surface area contributed by atoms with Crippen LogP contribution in [-0.2, 0) is 19.4 Å². The van der Waals surface area contributed by atoms with E-state index in [-0.39, 0.29) is 17.1 Å². The van der Waals surface area contributed by atoms with Crippen molar-refractivity contribution >= 4 is 62.3 Å². The zero-order valence-electron chi connectivity index (χ0n) is 20.8. The molecule has 37 heavy (non-hydrogen) atoms. The zero-order valence-corrected chi connectivity index (χ0v) is 23.9. The zero-order chi connectivity index (χ0) is 26.3. The summed E-state index contributed by atoms with van der Waals surface area (Å²) in [5.41, 5.74) is 4.38. The second kappa shape index (κ2) is 10.8. The van der Waals surface area contributed by atoms with Gasteiger partial charge in [0.15, 0.2) is 10.9 Å². The third kappa shape index (κ3) is 4.94. The van der Waals surface area contributed by atoms with Gasteiger partial charge in [0.05, 0.1) is 21.2 Å². The van der Waals surface area contributed by atoms with E-state index in [0.29, 0.717) is 27.3 Å². The minimum atomic E-state index is -0.0305. The molecule has 0 unspecified atom stereocenters. The molecule has 0 saturated carbocycles. The number of aryl methyl sites for hydroxylation is 3. The molecule has 5 rings (SSSR count). The third-order valence-corrected chi connectivity index (χ3v) is 9.73. The number of Topliss-reactive ketones (excluding diaryl/α,β-unsaturated/α-hetero) is 1. The number of allylic oxidation sites excluding steroid dienone is 1. The highest BCUT2D eigenvalue weighted by atomic mass is 35.5. The number of carbonyl (C=O) groups is 1. The van der Waals surface area contributed by atoms with Gasteiger partial charge >= 0.3 is 0 Å². The highest BCUT2D eigenvalue weighted by molar-refractivity contribution is 7.99. The summed E-state index contributed by atoms with van der Waals surface area (Å²) in [6.45, 7) is 8.07. The van der Waals surface area contributed by atoms with Gasteiger partial charge in [-0.15, -0.1) is 17.9 Å². The number of benzene rings is 1. The quantitative estimate of drug-likeness (QED) is 0.0753. The van der Waals surface area contributed by atoms with Gasteiger partial charge < -0.3 is 4.57 Å². The monoisotopic (exact) mass is 571 g/mol. The van der Waals surface area contributed by atoms with Gasteiger partial charge in [-0.05, 0) is 69.4 Å². The normalized spacial score (nSPS) is 13.5. The molecule has 4 aromatic rings. The minimum absolute atomic E-state index is 0.0223. The fourth-order valence-electron chi connectivity index (χ4n) is 5.07. The first kappa shape index (κ1) is 26.3. The maximum atomic E-state index is 13.6. The summed E-state index contributed by atoms with van der Waals surface area (Å²) < 4.78 is 3.65. The van der Waals surface area contributed by atoms with E-state index in [9.17, 15) is 9.59 Å². The van der Waals surface area contributed by atoms with E-state index in [1.807, 2.05) is 30.5 Å². The molecule has 0 N–H and O–H groups in total. The second-order valence-corrected chi connectivity index (χ2v) is 12.1. The van der Waals surface area contributed by atoms with Gasteiger partial charge in [0, 0.05) is 34.1 Å². The van der Waals surface area contributed by atoms with E-state index in [2.05, 4.69) is 6.58 Å². The van der Waals surface area contributed by atoms with Crippen molar-refractivity contribution in [1.29, 1.82) is 0 Å². The van der Waals surface area contributed by atoms with Gasteiger partial charge in [0.25, 0.3) is 5.56 Å². The molecule has 0 atom stereocenters. The molecule has 9 heteroatoms. The topological polar surface area (TPSA) is 56.9 Å². The molecule has 1 aliphatic rings. The van der Waals surface area contributed by atoms with Crippen molar-refractivity contribution in [3.63, 3.8) is 0 Å². The summed E-state index contributed by atoms with van der Waals surface area (Å²) in [6.07, 6.45) is 7.09. The summed E-state index contributed by atoms with van der Waals surface area (Å²) in [4.78, 5) is 33.9. The van der Waals surface area contributed by atoms with Crippen LogP contribution >= 0.6 is 46.3 Å². The summed E-state index contributed by atoms with van der Waals surface area (Å²) in [7, 11) is 0. The standard InChI is InChI=1S/C28H27Cl2N3O2S2/c1-4-12-32-27(35)25-19-8-6-5-7-9-24(19)37-26(25)31-28(32)36-15-23(34)20-13-16(2)33(17(20)3)18-10-11-21(29)22(30)14-18/h4,10-11,13-14H,1,5-9,12,15H2,2-3H3. The largest absolute Gasteiger partial charge is 0.318 e. The molecule has 0 bridgehead atoms. The minimum Gasteiger partial charge on any atom is -0.318 e. The number of carbonyl (C=O) groups excluding carboxylic acids is 1. The van der Waals surface area contributed by atoms with Gasteiger partial charge in [-0.3, -0.25) is 14.2 Å². The Morgan fingerprint density at radius 2 is 1.95 bits per heavy atom. The Morgan fingerprint density at radius 3 is 2.70 bits per heavy atom. The molecule has 0 spiro atoms. The molecular formula is C28H27Cl2N3O2S2. The molecule has 1 aromatic carbocycles. The molecular weight excluding hydrogens is 545 g/mol. The number of fused-ring (bicyclic) bond motifs is 3. The Kier molecular flexibility index (Phi) is 7.68. The molecule has 0 radical (unpaired) electrons. The van der Waals surface area contributed by atoms with Gasteiger partial charge in [0.2, 0.25) is 0 Å². The third-order valence-electron chi connectivity index (χ3n) is 6.83. The number of aromatic nitrogens is 3. The lowest BCUT2D eigenvalue weighted by molar-refractivity contribution is 0.102. The van der Waals surface area contributed by atoms with Crippen LogP contribution in [0.5, 0.6) is 0 Å². The van der Waals surface area contributed by atoms with Crippen LogP contribution < -0.4 is 5.56 Å². The van der Waals surface area contributed by atoms with Gasteiger partial charge in [-0.1, -0.05) is 47.5 Å². The van der Waals surface area contributed by atoms with Crippen molar-refractivity contribution in [2.45, 2.75) is 57.7 Å². The first-order chi connectivity index (χ1) is 17.8. The number of thioether (sulfide) groups is 1.